The Morgan fingerprint density at radius 3 is 2.74 bits per heavy atom. The topological polar surface area (TPSA) is 82.7 Å². The molecule has 27 heavy (non-hydrogen) atoms. The second-order valence-corrected chi connectivity index (χ2v) is 6.34. The monoisotopic (exact) mass is 357 g/mol. The fourth-order valence-electron chi connectivity index (χ4n) is 2.99. The van der Waals surface area contributed by atoms with Crippen molar-refractivity contribution in [2.24, 2.45) is 0 Å². The predicted octanol–water partition coefficient (Wildman–Crippen LogP) is 4.26. The van der Waals surface area contributed by atoms with Gasteiger partial charge in [0, 0.05) is 29.4 Å². The molecule has 0 fully saturated rings. The molecular weight excluding hydrogens is 338 g/mol. The SMILES string of the molecule is Cc1cccc(CNC(=O)Nc2ccc(-c3ncnc4[nH]ccc34)cc2)c1. The van der Waals surface area contributed by atoms with Crippen LogP contribution in [0.15, 0.2) is 67.1 Å². The lowest BCUT2D eigenvalue weighted by atomic mass is 10.1. The summed E-state index contributed by atoms with van der Waals surface area (Å²) in [5.74, 6) is 0. The van der Waals surface area contributed by atoms with Gasteiger partial charge in [0.05, 0.1) is 5.69 Å². The van der Waals surface area contributed by atoms with E-state index >= 15 is 0 Å². The third kappa shape index (κ3) is 3.79. The maximum absolute atomic E-state index is 12.1. The van der Waals surface area contributed by atoms with Crippen molar-refractivity contribution < 1.29 is 4.79 Å². The summed E-state index contributed by atoms with van der Waals surface area (Å²) in [4.78, 5) is 23.8. The molecule has 0 aliphatic heterocycles. The molecule has 6 nitrogen and oxygen atoms in total. The van der Waals surface area contributed by atoms with Crippen molar-refractivity contribution in [3.63, 3.8) is 0 Å². The molecule has 0 saturated heterocycles. The zero-order valence-corrected chi connectivity index (χ0v) is 14.9. The number of nitrogens with zero attached hydrogens (tertiary/aromatic N) is 2. The maximum atomic E-state index is 12.1. The third-order valence-corrected chi connectivity index (χ3v) is 4.31. The number of aromatic amines is 1. The number of H-pyrrole nitrogens is 1. The molecule has 0 radical (unpaired) electrons. The van der Waals surface area contributed by atoms with Crippen molar-refractivity contribution in [3.8, 4) is 11.3 Å². The number of aromatic nitrogens is 3. The van der Waals surface area contributed by atoms with Crippen LogP contribution in [-0.4, -0.2) is 21.0 Å². The highest BCUT2D eigenvalue weighted by molar-refractivity contribution is 5.92. The molecule has 6 heteroatoms. The second-order valence-electron chi connectivity index (χ2n) is 6.34. The van der Waals surface area contributed by atoms with Crippen LogP contribution < -0.4 is 10.6 Å². The van der Waals surface area contributed by atoms with Crippen molar-refractivity contribution in [1.82, 2.24) is 20.3 Å². The Bertz CT molecular complexity index is 1090. The number of benzene rings is 2. The van der Waals surface area contributed by atoms with Crippen LogP contribution in [0.4, 0.5) is 10.5 Å². The van der Waals surface area contributed by atoms with Gasteiger partial charge >= 0.3 is 6.03 Å². The molecule has 0 saturated carbocycles. The summed E-state index contributed by atoms with van der Waals surface area (Å²) in [6.45, 7) is 2.52. The van der Waals surface area contributed by atoms with E-state index in [1.54, 1.807) is 6.33 Å². The third-order valence-electron chi connectivity index (χ3n) is 4.31. The lowest BCUT2D eigenvalue weighted by Gasteiger charge is -2.09. The van der Waals surface area contributed by atoms with Gasteiger partial charge in [0.15, 0.2) is 0 Å². The van der Waals surface area contributed by atoms with Crippen LogP contribution in [0.25, 0.3) is 22.3 Å². The zero-order chi connectivity index (χ0) is 18.6. The number of carbonyl (C=O) groups excluding carboxylic acids is 1. The van der Waals surface area contributed by atoms with E-state index in [0.29, 0.717) is 6.54 Å². The molecule has 2 amide bonds. The fraction of sp³-hybridized carbons (Fsp3) is 0.0952. The molecule has 0 aliphatic carbocycles. The Morgan fingerprint density at radius 1 is 1.07 bits per heavy atom. The summed E-state index contributed by atoms with van der Waals surface area (Å²) in [5, 5.41) is 6.68. The smallest absolute Gasteiger partial charge is 0.319 e. The molecule has 2 heterocycles. The van der Waals surface area contributed by atoms with Crippen LogP contribution in [0, 0.1) is 6.92 Å². The van der Waals surface area contributed by atoms with Crippen LogP contribution in [0.5, 0.6) is 0 Å². The molecule has 4 aromatic rings. The number of hydrogen-bond acceptors (Lipinski definition) is 3. The van der Waals surface area contributed by atoms with Crippen molar-refractivity contribution >= 4 is 22.8 Å². The maximum Gasteiger partial charge on any atom is 0.319 e. The summed E-state index contributed by atoms with van der Waals surface area (Å²) < 4.78 is 0. The van der Waals surface area contributed by atoms with E-state index in [1.807, 2.05) is 61.7 Å². The Hall–Kier alpha value is -3.67. The molecule has 0 atom stereocenters. The molecule has 134 valence electrons. The van der Waals surface area contributed by atoms with E-state index in [-0.39, 0.29) is 6.03 Å². The van der Waals surface area contributed by atoms with Crippen molar-refractivity contribution in [2.75, 3.05) is 5.32 Å². The second kappa shape index (κ2) is 7.29. The highest BCUT2D eigenvalue weighted by Crippen LogP contribution is 2.25. The van der Waals surface area contributed by atoms with E-state index in [9.17, 15) is 4.79 Å². The molecule has 3 N–H and O–H groups in total. The number of hydrogen-bond donors (Lipinski definition) is 3. The summed E-state index contributed by atoms with van der Waals surface area (Å²) >= 11 is 0. The number of anilines is 1. The molecular formula is C21H19N5O. The van der Waals surface area contributed by atoms with Gasteiger partial charge in [-0.05, 0) is 30.7 Å². The Morgan fingerprint density at radius 2 is 1.93 bits per heavy atom. The van der Waals surface area contributed by atoms with Gasteiger partial charge in [-0.15, -0.1) is 0 Å². The number of carbonyl (C=O) groups is 1. The molecule has 2 aromatic heterocycles. The first-order valence-corrected chi connectivity index (χ1v) is 8.68. The number of fused-ring (bicyclic) bond motifs is 1. The van der Waals surface area contributed by atoms with Crippen molar-refractivity contribution in [2.45, 2.75) is 13.5 Å². The number of nitrogens with one attached hydrogen (secondary N) is 3. The van der Waals surface area contributed by atoms with E-state index in [4.69, 9.17) is 0 Å². The van der Waals surface area contributed by atoms with Crippen LogP contribution in [0.2, 0.25) is 0 Å². The average molecular weight is 357 g/mol. The normalized spacial score (nSPS) is 10.7. The number of rotatable bonds is 4. The first-order chi connectivity index (χ1) is 13.2. The summed E-state index contributed by atoms with van der Waals surface area (Å²) in [7, 11) is 0. The number of amides is 2. The lowest BCUT2D eigenvalue weighted by molar-refractivity contribution is 0.251. The van der Waals surface area contributed by atoms with Crippen LogP contribution in [0.3, 0.4) is 0 Å². The van der Waals surface area contributed by atoms with E-state index < -0.39 is 0 Å². The lowest BCUT2D eigenvalue weighted by Crippen LogP contribution is -2.28. The minimum Gasteiger partial charge on any atom is -0.346 e. The first-order valence-electron chi connectivity index (χ1n) is 8.68. The quantitative estimate of drug-likeness (QED) is 0.510. The summed E-state index contributed by atoms with van der Waals surface area (Å²) in [6, 6.07) is 17.4. The Balaban J connectivity index is 1.42. The minimum absolute atomic E-state index is 0.237. The van der Waals surface area contributed by atoms with Crippen LogP contribution in [-0.2, 0) is 6.54 Å². The number of aryl methyl sites for hydroxylation is 1. The molecule has 2 aromatic carbocycles. The fourth-order valence-corrected chi connectivity index (χ4v) is 2.99. The standard InChI is InChI=1S/C21H19N5O/c1-14-3-2-4-15(11-14)12-23-21(27)26-17-7-5-16(6-8-17)19-18-9-10-22-20(18)25-13-24-19/h2-11,13H,12H2,1H3,(H,22,24,25)(H2,23,26,27). The molecule has 0 unspecified atom stereocenters. The molecule has 0 bridgehead atoms. The summed E-state index contributed by atoms with van der Waals surface area (Å²) in [5.41, 5.74) is 5.59. The molecule has 0 spiro atoms. The highest BCUT2D eigenvalue weighted by atomic mass is 16.2. The zero-order valence-electron chi connectivity index (χ0n) is 14.9. The summed E-state index contributed by atoms with van der Waals surface area (Å²) in [6.07, 6.45) is 3.39. The molecule has 4 rings (SSSR count). The van der Waals surface area contributed by atoms with Gasteiger partial charge in [0.25, 0.3) is 0 Å². The minimum atomic E-state index is -0.237. The van der Waals surface area contributed by atoms with Gasteiger partial charge < -0.3 is 15.6 Å². The van der Waals surface area contributed by atoms with Gasteiger partial charge in [0.1, 0.15) is 12.0 Å². The first kappa shape index (κ1) is 16.8. The van der Waals surface area contributed by atoms with Gasteiger partial charge in [0.2, 0.25) is 0 Å². The van der Waals surface area contributed by atoms with Gasteiger partial charge in [-0.25, -0.2) is 14.8 Å². The predicted molar refractivity (Wildman–Crippen MR) is 106 cm³/mol. The van der Waals surface area contributed by atoms with Crippen molar-refractivity contribution in [3.05, 3.63) is 78.2 Å². The van der Waals surface area contributed by atoms with Crippen molar-refractivity contribution in [1.29, 1.82) is 0 Å². The Kier molecular flexibility index (Phi) is 4.53. The largest absolute Gasteiger partial charge is 0.346 e. The molecule has 0 aliphatic rings. The average Bonchev–Trinajstić information content (AvgIpc) is 3.16. The van der Waals surface area contributed by atoms with Crippen LogP contribution in [0.1, 0.15) is 11.1 Å². The van der Waals surface area contributed by atoms with Crippen LogP contribution >= 0.6 is 0 Å². The van der Waals surface area contributed by atoms with E-state index in [2.05, 4.69) is 31.7 Å². The Labute approximate surface area is 156 Å². The van der Waals surface area contributed by atoms with Gasteiger partial charge in [-0.2, -0.15) is 0 Å². The highest BCUT2D eigenvalue weighted by Gasteiger charge is 2.08. The van der Waals surface area contributed by atoms with Gasteiger partial charge in [-0.3, -0.25) is 0 Å². The van der Waals surface area contributed by atoms with E-state index in [0.717, 1.165) is 33.5 Å². The number of urea groups is 1. The van der Waals surface area contributed by atoms with E-state index in [1.165, 1.54) is 5.56 Å². The van der Waals surface area contributed by atoms with Gasteiger partial charge in [-0.1, -0.05) is 42.0 Å².